The van der Waals surface area contributed by atoms with Crippen molar-refractivity contribution in [2.75, 3.05) is 7.11 Å². The molecule has 7 nitrogen and oxygen atoms in total. The van der Waals surface area contributed by atoms with Gasteiger partial charge in [0.2, 0.25) is 0 Å². The lowest BCUT2D eigenvalue weighted by Gasteiger charge is -2.20. The van der Waals surface area contributed by atoms with Crippen LogP contribution >= 0.6 is 0 Å². The Morgan fingerprint density at radius 2 is 2.26 bits per heavy atom. The first-order valence-corrected chi connectivity index (χ1v) is 7.75. The Morgan fingerprint density at radius 1 is 1.43 bits per heavy atom. The highest BCUT2D eigenvalue weighted by atomic mass is 16.5. The smallest absolute Gasteiger partial charge is 0.315 e. The average Bonchev–Trinajstić information content (AvgIpc) is 3.16. The Labute approximate surface area is 135 Å². The first-order chi connectivity index (χ1) is 11.2. The van der Waals surface area contributed by atoms with Crippen LogP contribution in [0.4, 0.5) is 4.79 Å². The van der Waals surface area contributed by atoms with Crippen molar-refractivity contribution in [2.45, 2.75) is 38.6 Å². The van der Waals surface area contributed by atoms with Gasteiger partial charge in [0.15, 0.2) is 0 Å². The van der Waals surface area contributed by atoms with Gasteiger partial charge in [0.05, 0.1) is 25.3 Å². The number of nitrogens with one attached hydrogen (secondary N) is 2. The summed E-state index contributed by atoms with van der Waals surface area (Å²) in [7, 11) is 1.67. The van der Waals surface area contributed by atoms with Crippen LogP contribution in [0.1, 0.15) is 29.8 Å². The second-order valence-electron chi connectivity index (χ2n) is 5.52. The molecule has 3 rings (SSSR count). The van der Waals surface area contributed by atoms with E-state index in [2.05, 4.69) is 26.9 Å². The van der Waals surface area contributed by atoms with Gasteiger partial charge in [0.25, 0.3) is 0 Å². The number of aromatic nitrogens is 3. The normalized spacial score (nSPS) is 19.4. The van der Waals surface area contributed by atoms with E-state index in [1.165, 1.54) is 5.56 Å². The number of carbonyl (C=O) groups is 1. The average molecular weight is 315 g/mol. The van der Waals surface area contributed by atoms with E-state index in [1.807, 2.05) is 25.1 Å². The van der Waals surface area contributed by atoms with Crippen LogP contribution in [0.2, 0.25) is 0 Å². The Morgan fingerprint density at radius 3 is 3.00 bits per heavy atom. The minimum absolute atomic E-state index is 0.0660. The van der Waals surface area contributed by atoms with E-state index in [-0.39, 0.29) is 18.2 Å². The first kappa shape index (κ1) is 15.5. The number of hydrogen-bond acceptors (Lipinski definition) is 4. The van der Waals surface area contributed by atoms with Gasteiger partial charge in [-0.2, -0.15) is 15.0 Å². The quantitative estimate of drug-likeness (QED) is 0.874. The predicted octanol–water partition coefficient (Wildman–Crippen LogP) is 1.41. The standard InChI is InChI=1S/C16H21N5O2/c1-3-21-18-10-12(20-21)9-17-16(22)19-14-8-11-6-4-5-7-13(11)15(14)23-2/h4-7,10,14-15H,3,8-9H2,1-2H3,(H2,17,19,22)/t14-,15+/m1/s1. The first-order valence-electron chi connectivity index (χ1n) is 7.75. The Kier molecular flexibility index (Phi) is 4.57. The van der Waals surface area contributed by atoms with Gasteiger partial charge in [-0.25, -0.2) is 4.79 Å². The molecule has 1 aromatic heterocycles. The molecule has 2 atom stereocenters. The van der Waals surface area contributed by atoms with Crippen LogP contribution < -0.4 is 10.6 Å². The van der Waals surface area contributed by atoms with Crippen LogP contribution in [0.25, 0.3) is 0 Å². The summed E-state index contributed by atoms with van der Waals surface area (Å²) in [4.78, 5) is 13.7. The molecule has 0 unspecified atom stereocenters. The summed E-state index contributed by atoms with van der Waals surface area (Å²) in [6.07, 6.45) is 2.32. The van der Waals surface area contributed by atoms with Crippen molar-refractivity contribution in [1.29, 1.82) is 0 Å². The summed E-state index contributed by atoms with van der Waals surface area (Å²) in [5.41, 5.74) is 3.10. The third-order valence-electron chi connectivity index (χ3n) is 4.03. The highest BCUT2D eigenvalue weighted by Crippen LogP contribution is 2.33. The number of carbonyl (C=O) groups excluding carboxylic acids is 1. The second-order valence-corrected chi connectivity index (χ2v) is 5.52. The summed E-state index contributed by atoms with van der Waals surface area (Å²) in [5.74, 6) is 0. The van der Waals surface area contributed by atoms with E-state index in [1.54, 1.807) is 18.1 Å². The lowest BCUT2D eigenvalue weighted by atomic mass is 10.1. The molecular weight excluding hydrogens is 294 g/mol. The molecule has 1 aliphatic carbocycles. The zero-order valence-electron chi connectivity index (χ0n) is 13.3. The van der Waals surface area contributed by atoms with E-state index in [9.17, 15) is 4.79 Å². The number of ether oxygens (including phenoxy) is 1. The number of hydrogen-bond donors (Lipinski definition) is 2. The number of urea groups is 1. The third-order valence-corrected chi connectivity index (χ3v) is 4.03. The van der Waals surface area contributed by atoms with Gasteiger partial charge in [-0.05, 0) is 24.5 Å². The van der Waals surface area contributed by atoms with Crippen LogP contribution in [0.15, 0.2) is 30.5 Å². The topological polar surface area (TPSA) is 81.1 Å². The molecule has 7 heteroatoms. The molecule has 122 valence electrons. The zero-order valence-corrected chi connectivity index (χ0v) is 13.3. The highest BCUT2D eigenvalue weighted by molar-refractivity contribution is 5.74. The fourth-order valence-corrected chi connectivity index (χ4v) is 2.93. The number of fused-ring (bicyclic) bond motifs is 1. The highest BCUT2D eigenvalue weighted by Gasteiger charge is 2.33. The molecule has 0 radical (unpaired) electrons. The van der Waals surface area contributed by atoms with Gasteiger partial charge in [-0.1, -0.05) is 24.3 Å². The number of benzene rings is 1. The summed E-state index contributed by atoms with van der Waals surface area (Å²) < 4.78 is 5.56. The fraction of sp³-hybridized carbons (Fsp3) is 0.438. The van der Waals surface area contributed by atoms with Crippen LogP contribution in [0, 0.1) is 0 Å². The molecule has 0 spiro atoms. The molecule has 2 amide bonds. The number of methoxy groups -OCH3 is 1. The van der Waals surface area contributed by atoms with Crippen molar-refractivity contribution < 1.29 is 9.53 Å². The Hall–Kier alpha value is -2.41. The SMILES string of the molecule is CCn1ncc(CNC(=O)N[C@@H]2Cc3ccccc3[C@@H]2OC)n1. The summed E-state index contributed by atoms with van der Waals surface area (Å²) >= 11 is 0. The maximum Gasteiger partial charge on any atom is 0.315 e. The summed E-state index contributed by atoms with van der Waals surface area (Å²) in [6.45, 7) is 3.03. The lowest BCUT2D eigenvalue weighted by molar-refractivity contribution is 0.0809. The Bertz CT molecular complexity index is 685. The van der Waals surface area contributed by atoms with E-state index >= 15 is 0 Å². The predicted molar refractivity (Wildman–Crippen MR) is 84.8 cm³/mol. The van der Waals surface area contributed by atoms with Crippen LogP contribution in [-0.4, -0.2) is 34.2 Å². The van der Waals surface area contributed by atoms with E-state index in [0.717, 1.165) is 17.7 Å². The molecule has 2 aromatic rings. The molecule has 1 heterocycles. The molecule has 0 aliphatic heterocycles. The van der Waals surface area contributed by atoms with Crippen molar-refractivity contribution in [2.24, 2.45) is 0 Å². The van der Waals surface area contributed by atoms with Gasteiger partial charge in [0, 0.05) is 7.11 Å². The number of nitrogens with zero attached hydrogens (tertiary/aromatic N) is 3. The largest absolute Gasteiger partial charge is 0.375 e. The molecule has 23 heavy (non-hydrogen) atoms. The van der Waals surface area contributed by atoms with Gasteiger partial charge in [-0.15, -0.1) is 0 Å². The molecule has 0 saturated carbocycles. The number of rotatable bonds is 5. The monoisotopic (exact) mass is 315 g/mol. The Balaban J connectivity index is 1.56. The van der Waals surface area contributed by atoms with Crippen LogP contribution in [-0.2, 0) is 24.2 Å². The van der Waals surface area contributed by atoms with E-state index < -0.39 is 0 Å². The van der Waals surface area contributed by atoms with Crippen LogP contribution in [0.5, 0.6) is 0 Å². The molecule has 1 aliphatic rings. The number of amides is 2. The number of aryl methyl sites for hydroxylation is 1. The lowest BCUT2D eigenvalue weighted by Crippen LogP contribution is -2.44. The second kappa shape index (κ2) is 6.78. The summed E-state index contributed by atoms with van der Waals surface area (Å²) in [6, 6.07) is 7.82. The molecule has 2 N–H and O–H groups in total. The van der Waals surface area contributed by atoms with Gasteiger partial charge < -0.3 is 15.4 Å². The zero-order chi connectivity index (χ0) is 16.2. The van der Waals surface area contributed by atoms with Gasteiger partial charge >= 0.3 is 6.03 Å². The molecular formula is C16H21N5O2. The van der Waals surface area contributed by atoms with Crippen molar-refractivity contribution in [3.63, 3.8) is 0 Å². The minimum Gasteiger partial charge on any atom is -0.375 e. The minimum atomic E-state index is -0.226. The van der Waals surface area contributed by atoms with E-state index in [0.29, 0.717) is 13.1 Å². The summed E-state index contributed by atoms with van der Waals surface area (Å²) in [5, 5.41) is 14.1. The van der Waals surface area contributed by atoms with Crippen molar-refractivity contribution in [3.8, 4) is 0 Å². The molecule has 0 bridgehead atoms. The fourth-order valence-electron chi connectivity index (χ4n) is 2.93. The van der Waals surface area contributed by atoms with E-state index in [4.69, 9.17) is 4.74 Å². The maximum absolute atomic E-state index is 12.1. The van der Waals surface area contributed by atoms with Gasteiger partial charge in [-0.3, -0.25) is 0 Å². The van der Waals surface area contributed by atoms with Crippen LogP contribution in [0.3, 0.4) is 0 Å². The maximum atomic E-state index is 12.1. The third kappa shape index (κ3) is 3.34. The molecule has 0 saturated heterocycles. The molecule has 1 aromatic carbocycles. The van der Waals surface area contributed by atoms with Crippen molar-refractivity contribution in [1.82, 2.24) is 25.6 Å². The van der Waals surface area contributed by atoms with Gasteiger partial charge in [0.1, 0.15) is 11.8 Å². The van der Waals surface area contributed by atoms with Crippen molar-refractivity contribution in [3.05, 3.63) is 47.3 Å². The van der Waals surface area contributed by atoms with Crippen molar-refractivity contribution >= 4 is 6.03 Å². The molecule has 0 fully saturated rings.